The van der Waals surface area contributed by atoms with Crippen LogP contribution in [-0.4, -0.2) is 62.8 Å². The molecule has 0 unspecified atom stereocenters. The van der Waals surface area contributed by atoms with Crippen LogP contribution in [0, 0.1) is 0 Å². The molecule has 1 aromatic rings. The Hall–Kier alpha value is -0.960. The third-order valence-electron chi connectivity index (χ3n) is 4.88. The maximum absolute atomic E-state index is 12.5. The summed E-state index contributed by atoms with van der Waals surface area (Å²) in [5.41, 5.74) is 0. The van der Waals surface area contributed by atoms with Crippen LogP contribution in [0.4, 0.5) is 0 Å². The zero-order chi connectivity index (χ0) is 17.2. The zero-order valence-electron chi connectivity index (χ0n) is 14.0. The predicted molar refractivity (Wildman–Crippen MR) is 94.7 cm³/mol. The molecule has 0 atom stereocenters. The maximum Gasteiger partial charge on any atom is 0.252 e. The van der Waals surface area contributed by atoms with Gasteiger partial charge >= 0.3 is 0 Å². The second kappa shape index (κ2) is 7.51. The van der Waals surface area contributed by atoms with E-state index in [9.17, 15) is 13.2 Å². The second-order valence-electron chi connectivity index (χ2n) is 6.45. The minimum Gasteiger partial charge on any atom is -0.342 e. The zero-order valence-corrected chi connectivity index (χ0v) is 15.7. The van der Waals surface area contributed by atoms with Gasteiger partial charge in [-0.15, -0.1) is 11.3 Å². The Morgan fingerprint density at radius 1 is 1.21 bits per heavy atom. The molecular formula is C16H25N3O3S2. The second-order valence-corrected chi connectivity index (χ2v) is 9.79. The number of likely N-dealkylation sites (tertiary alicyclic amines) is 1. The van der Waals surface area contributed by atoms with Crippen LogP contribution in [0.3, 0.4) is 0 Å². The highest BCUT2D eigenvalue weighted by Crippen LogP contribution is 2.28. The van der Waals surface area contributed by atoms with Crippen LogP contribution >= 0.6 is 11.3 Å². The summed E-state index contributed by atoms with van der Waals surface area (Å²) in [7, 11) is -1.42. The van der Waals surface area contributed by atoms with E-state index in [0.717, 1.165) is 43.6 Å². The lowest BCUT2D eigenvalue weighted by atomic mass is 10.1. The van der Waals surface area contributed by atoms with E-state index in [1.54, 1.807) is 16.4 Å². The predicted octanol–water partition coefficient (Wildman–Crippen LogP) is 1.29. The molecule has 8 heteroatoms. The van der Waals surface area contributed by atoms with Gasteiger partial charge in [0.05, 0.1) is 6.42 Å². The molecule has 2 aliphatic rings. The normalized spacial score (nSPS) is 20.6. The fourth-order valence-electron chi connectivity index (χ4n) is 3.33. The largest absolute Gasteiger partial charge is 0.342 e. The van der Waals surface area contributed by atoms with E-state index in [4.69, 9.17) is 0 Å². The topological polar surface area (TPSA) is 69.7 Å². The summed E-state index contributed by atoms with van der Waals surface area (Å²) >= 11 is 1.23. The minimum absolute atomic E-state index is 0.0940. The Labute approximate surface area is 147 Å². The van der Waals surface area contributed by atoms with Crippen molar-refractivity contribution in [2.24, 2.45) is 0 Å². The van der Waals surface area contributed by atoms with Crippen LogP contribution in [-0.2, 0) is 21.2 Å². The third-order valence-corrected chi connectivity index (χ3v) is 8.33. The molecule has 134 valence electrons. The van der Waals surface area contributed by atoms with Crippen molar-refractivity contribution in [3.63, 3.8) is 0 Å². The van der Waals surface area contributed by atoms with Gasteiger partial charge in [-0.3, -0.25) is 4.79 Å². The molecule has 24 heavy (non-hydrogen) atoms. The number of carbonyl (C=O) groups excluding carboxylic acids is 1. The minimum atomic E-state index is -3.37. The number of carbonyl (C=O) groups is 1. The first kappa shape index (κ1) is 17.8. The molecule has 2 aliphatic heterocycles. The number of hydrogen-bond donors (Lipinski definition) is 1. The Bertz CT molecular complexity index is 672. The quantitative estimate of drug-likeness (QED) is 0.847. The number of piperidine rings is 1. The van der Waals surface area contributed by atoms with Crippen molar-refractivity contribution < 1.29 is 13.2 Å². The van der Waals surface area contributed by atoms with Gasteiger partial charge in [-0.1, -0.05) is 0 Å². The van der Waals surface area contributed by atoms with Crippen LogP contribution in [0.2, 0.25) is 0 Å². The smallest absolute Gasteiger partial charge is 0.252 e. The molecule has 3 rings (SSSR count). The standard InChI is InChI=1S/C16H25N3O3S2/c1-17-13-6-10-18(11-7-13)15(20)12-14-4-5-16(23-14)24(21,22)19-8-2-3-9-19/h4-5,13,17H,2-3,6-12H2,1H3. The van der Waals surface area contributed by atoms with E-state index in [0.29, 0.717) is 29.8 Å². The van der Waals surface area contributed by atoms with Gasteiger partial charge in [-0.05, 0) is 44.9 Å². The molecule has 2 fully saturated rings. The van der Waals surface area contributed by atoms with E-state index >= 15 is 0 Å². The number of nitrogens with zero attached hydrogens (tertiary/aromatic N) is 2. The summed E-state index contributed by atoms with van der Waals surface area (Å²) in [6.07, 6.45) is 4.10. The number of hydrogen-bond acceptors (Lipinski definition) is 5. The van der Waals surface area contributed by atoms with Crippen molar-refractivity contribution in [2.75, 3.05) is 33.2 Å². The molecule has 0 spiro atoms. The number of rotatable bonds is 5. The van der Waals surface area contributed by atoms with Gasteiger partial charge in [0.15, 0.2) is 0 Å². The monoisotopic (exact) mass is 371 g/mol. The number of nitrogens with one attached hydrogen (secondary N) is 1. The number of amides is 1. The average Bonchev–Trinajstić information content (AvgIpc) is 3.27. The molecular weight excluding hydrogens is 346 g/mol. The number of sulfonamides is 1. The molecule has 1 amide bonds. The highest BCUT2D eigenvalue weighted by Gasteiger charge is 2.29. The first-order valence-electron chi connectivity index (χ1n) is 8.54. The molecule has 0 aliphatic carbocycles. The van der Waals surface area contributed by atoms with Gasteiger partial charge in [0.1, 0.15) is 4.21 Å². The van der Waals surface area contributed by atoms with Gasteiger partial charge < -0.3 is 10.2 Å². The van der Waals surface area contributed by atoms with Crippen molar-refractivity contribution >= 4 is 27.3 Å². The lowest BCUT2D eigenvalue weighted by molar-refractivity contribution is -0.131. The lowest BCUT2D eigenvalue weighted by Crippen LogP contribution is -2.44. The van der Waals surface area contributed by atoms with Gasteiger partial charge in [-0.2, -0.15) is 4.31 Å². The summed E-state index contributed by atoms with van der Waals surface area (Å²) in [6.45, 7) is 2.76. The Balaban J connectivity index is 1.61. The maximum atomic E-state index is 12.5. The van der Waals surface area contributed by atoms with E-state index in [-0.39, 0.29) is 5.91 Å². The van der Waals surface area contributed by atoms with Crippen molar-refractivity contribution in [3.05, 3.63) is 17.0 Å². The number of thiophene rings is 1. The first-order chi connectivity index (χ1) is 11.5. The highest BCUT2D eigenvalue weighted by molar-refractivity contribution is 7.91. The summed E-state index contributed by atoms with van der Waals surface area (Å²) in [4.78, 5) is 15.1. The van der Waals surface area contributed by atoms with Crippen LogP contribution in [0.5, 0.6) is 0 Å². The fraction of sp³-hybridized carbons (Fsp3) is 0.688. The Morgan fingerprint density at radius 2 is 1.88 bits per heavy atom. The molecule has 1 aromatic heterocycles. The lowest BCUT2D eigenvalue weighted by Gasteiger charge is -2.31. The van der Waals surface area contributed by atoms with Crippen LogP contribution in [0.1, 0.15) is 30.6 Å². The van der Waals surface area contributed by atoms with Gasteiger partial charge in [0.2, 0.25) is 5.91 Å². The molecule has 6 nitrogen and oxygen atoms in total. The van der Waals surface area contributed by atoms with E-state index in [1.165, 1.54) is 11.3 Å². The van der Waals surface area contributed by atoms with E-state index < -0.39 is 10.0 Å². The summed E-state index contributed by atoms with van der Waals surface area (Å²) in [5, 5.41) is 3.25. The van der Waals surface area contributed by atoms with Crippen LogP contribution in [0.25, 0.3) is 0 Å². The molecule has 0 bridgehead atoms. The molecule has 0 aromatic carbocycles. The first-order valence-corrected chi connectivity index (χ1v) is 10.8. The van der Waals surface area contributed by atoms with Gasteiger partial charge in [0, 0.05) is 37.1 Å². The van der Waals surface area contributed by atoms with Crippen LogP contribution in [0.15, 0.2) is 16.3 Å². The summed E-state index contributed by atoms with van der Waals surface area (Å²) < 4.78 is 27.0. The highest BCUT2D eigenvalue weighted by atomic mass is 32.2. The Kier molecular flexibility index (Phi) is 5.59. The van der Waals surface area contributed by atoms with Crippen LogP contribution < -0.4 is 5.32 Å². The molecule has 0 radical (unpaired) electrons. The van der Waals surface area contributed by atoms with E-state index in [1.807, 2.05) is 11.9 Å². The van der Waals surface area contributed by atoms with Crippen molar-refractivity contribution in [3.8, 4) is 0 Å². The molecule has 0 saturated carbocycles. The van der Waals surface area contributed by atoms with E-state index in [2.05, 4.69) is 5.32 Å². The molecule has 3 heterocycles. The van der Waals surface area contributed by atoms with Gasteiger partial charge in [0.25, 0.3) is 10.0 Å². The molecule has 2 saturated heterocycles. The van der Waals surface area contributed by atoms with Crippen molar-refractivity contribution in [1.82, 2.24) is 14.5 Å². The SMILES string of the molecule is CNC1CCN(C(=O)Cc2ccc(S(=O)(=O)N3CCCC3)s2)CC1. The third kappa shape index (κ3) is 3.82. The van der Waals surface area contributed by atoms with Gasteiger partial charge in [-0.25, -0.2) is 8.42 Å². The average molecular weight is 372 g/mol. The van der Waals surface area contributed by atoms with Crippen molar-refractivity contribution in [1.29, 1.82) is 0 Å². The Morgan fingerprint density at radius 3 is 2.50 bits per heavy atom. The summed E-state index contributed by atoms with van der Waals surface area (Å²) in [6, 6.07) is 3.92. The molecule has 1 N–H and O–H groups in total. The summed E-state index contributed by atoms with van der Waals surface area (Å²) in [5.74, 6) is 0.0940. The fourth-order valence-corrected chi connectivity index (χ4v) is 6.34. The van der Waals surface area contributed by atoms with Crippen molar-refractivity contribution in [2.45, 2.75) is 42.4 Å².